The summed E-state index contributed by atoms with van der Waals surface area (Å²) in [5, 5.41) is 6.88. The highest BCUT2D eigenvalue weighted by molar-refractivity contribution is 7.61. The van der Waals surface area contributed by atoms with Crippen molar-refractivity contribution in [3.8, 4) is 11.5 Å². The van der Waals surface area contributed by atoms with E-state index in [1.54, 1.807) is 27.7 Å². The highest BCUT2D eigenvalue weighted by atomic mass is 32.1. The van der Waals surface area contributed by atoms with Crippen molar-refractivity contribution in [1.29, 1.82) is 0 Å². The molecule has 0 saturated heterocycles. The fraction of sp³-hybridized carbons (Fsp3) is 0.571. The van der Waals surface area contributed by atoms with E-state index >= 15 is 0 Å². The van der Waals surface area contributed by atoms with Gasteiger partial charge in [-0.15, -0.1) is 11.3 Å². The van der Waals surface area contributed by atoms with Crippen LogP contribution in [0.25, 0.3) is 11.5 Å². The van der Waals surface area contributed by atoms with Crippen LogP contribution in [-0.4, -0.2) is 42.2 Å². The standard InChI is InChI=1S/C21H33N4O5PS/c1-7-28-19(26)13(5)24-31(25-14(6)20(27)29-8-2)17-10-9-15(30-17)18-16(11-12(3)4)32-21(22)23-18/h9-10,12-14,24-25H,7-8,11H2,1-6H3,(H2,22,23)/t13-,14-/m1/s1. The maximum absolute atomic E-state index is 12.2. The first-order valence-electron chi connectivity index (χ1n) is 10.7. The van der Waals surface area contributed by atoms with Gasteiger partial charge in [-0.05, 0) is 52.2 Å². The predicted molar refractivity (Wildman–Crippen MR) is 128 cm³/mol. The van der Waals surface area contributed by atoms with E-state index in [0.717, 1.165) is 17.0 Å². The molecule has 4 N–H and O–H groups in total. The van der Waals surface area contributed by atoms with Gasteiger partial charge in [-0.25, -0.2) is 4.98 Å². The number of thiazole rings is 1. The van der Waals surface area contributed by atoms with Gasteiger partial charge in [0.2, 0.25) is 0 Å². The number of nitrogens with two attached hydrogens (primary N) is 1. The Balaban J connectivity index is 2.30. The monoisotopic (exact) mass is 484 g/mol. The maximum atomic E-state index is 12.2. The molecule has 0 aliphatic heterocycles. The summed E-state index contributed by atoms with van der Waals surface area (Å²) in [4.78, 5) is 29.8. The van der Waals surface area contributed by atoms with Crippen molar-refractivity contribution in [2.45, 2.75) is 60.0 Å². The number of rotatable bonds is 12. The normalized spacial score (nSPS) is 13.4. The summed E-state index contributed by atoms with van der Waals surface area (Å²) in [6.45, 7) is 11.7. The smallest absolute Gasteiger partial charge is 0.323 e. The molecule has 0 spiro atoms. The fourth-order valence-corrected chi connectivity index (χ4v) is 5.62. The zero-order valence-electron chi connectivity index (χ0n) is 19.4. The van der Waals surface area contributed by atoms with Crippen LogP contribution in [0.2, 0.25) is 0 Å². The molecule has 0 aliphatic carbocycles. The second kappa shape index (κ2) is 12.3. The van der Waals surface area contributed by atoms with Crippen LogP contribution < -0.4 is 21.4 Å². The van der Waals surface area contributed by atoms with E-state index < -0.39 is 20.3 Å². The number of furan rings is 1. The van der Waals surface area contributed by atoms with E-state index in [0.29, 0.717) is 22.3 Å². The molecule has 2 aromatic rings. The van der Waals surface area contributed by atoms with Crippen molar-refractivity contribution in [3.05, 3.63) is 17.0 Å². The predicted octanol–water partition coefficient (Wildman–Crippen LogP) is 3.20. The van der Waals surface area contributed by atoms with Crippen molar-refractivity contribution in [1.82, 2.24) is 15.2 Å². The lowest BCUT2D eigenvalue weighted by molar-refractivity contribution is -0.145. The Labute approximate surface area is 194 Å². The molecule has 0 amide bonds. The summed E-state index contributed by atoms with van der Waals surface area (Å²) >= 11 is 1.45. The number of hydrogen-bond acceptors (Lipinski definition) is 10. The molecular formula is C21H33N4O5PS. The van der Waals surface area contributed by atoms with Gasteiger partial charge < -0.3 is 19.6 Å². The molecular weight excluding hydrogens is 451 g/mol. The molecule has 9 nitrogen and oxygen atoms in total. The van der Waals surface area contributed by atoms with E-state index in [2.05, 4.69) is 29.0 Å². The number of nitrogen functional groups attached to an aromatic ring is 1. The molecule has 0 saturated carbocycles. The lowest BCUT2D eigenvalue weighted by atomic mass is 10.1. The summed E-state index contributed by atoms with van der Waals surface area (Å²) in [5.41, 5.74) is 7.24. The molecule has 0 aromatic carbocycles. The molecule has 0 unspecified atom stereocenters. The summed E-state index contributed by atoms with van der Waals surface area (Å²) in [6, 6.07) is 2.42. The first kappa shape index (κ1) is 26.3. The summed E-state index contributed by atoms with van der Waals surface area (Å²) < 4.78 is 16.3. The number of ether oxygens (including phenoxy) is 2. The SMILES string of the molecule is CCOC(=O)[C@@H](C)NP(N[C@H](C)C(=O)OCC)c1ccc(-c2nc(N)sc2CC(C)C)o1. The Morgan fingerprint density at radius 1 is 1.09 bits per heavy atom. The summed E-state index contributed by atoms with van der Waals surface area (Å²) in [6.07, 6.45) is 0.839. The number of aromatic nitrogens is 1. The van der Waals surface area contributed by atoms with Gasteiger partial charge in [-0.2, -0.15) is 0 Å². The summed E-state index contributed by atoms with van der Waals surface area (Å²) in [5.74, 6) is 0.263. The average Bonchev–Trinajstić information content (AvgIpc) is 3.33. The average molecular weight is 485 g/mol. The van der Waals surface area contributed by atoms with E-state index in [-0.39, 0.29) is 25.2 Å². The molecule has 2 atom stereocenters. The largest absolute Gasteiger partial charge is 0.465 e. The van der Waals surface area contributed by atoms with Gasteiger partial charge in [0.05, 0.1) is 13.2 Å². The molecule has 0 bridgehead atoms. The number of carbonyl (C=O) groups is 2. The molecule has 2 heterocycles. The minimum atomic E-state index is -1.43. The van der Waals surface area contributed by atoms with Crippen LogP contribution in [0, 0.1) is 5.92 Å². The van der Waals surface area contributed by atoms with Crippen molar-refractivity contribution < 1.29 is 23.5 Å². The van der Waals surface area contributed by atoms with Gasteiger partial charge in [0.15, 0.2) is 16.4 Å². The Morgan fingerprint density at radius 3 is 2.16 bits per heavy atom. The van der Waals surface area contributed by atoms with Gasteiger partial charge in [0, 0.05) is 4.88 Å². The summed E-state index contributed by atoms with van der Waals surface area (Å²) in [7, 11) is -1.43. The second-order valence-corrected chi connectivity index (χ2v) is 10.3. The van der Waals surface area contributed by atoms with Crippen LogP contribution in [0.15, 0.2) is 16.5 Å². The molecule has 2 aromatic heterocycles. The van der Waals surface area contributed by atoms with Crippen LogP contribution in [0.4, 0.5) is 5.13 Å². The van der Waals surface area contributed by atoms with Gasteiger partial charge >= 0.3 is 11.9 Å². The van der Waals surface area contributed by atoms with E-state index in [1.807, 2.05) is 12.1 Å². The van der Waals surface area contributed by atoms with Crippen molar-refractivity contribution in [2.24, 2.45) is 5.92 Å². The first-order valence-corrected chi connectivity index (χ1v) is 12.8. The Kier molecular flexibility index (Phi) is 10.1. The molecule has 0 aliphatic rings. The van der Waals surface area contributed by atoms with Crippen molar-refractivity contribution in [3.63, 3.8) is 0 Å². The minimum Gasteiger partial charge on any atom is -0.465 e. The molecule has 32 heavy (non-hydrogen) atoms. The van der Waals surface area contributed by atoms with E-state index in [1.165, 1.54) is 11.3 Å². The highest BCUT2D eigenvalue weighted by Gasteiger charge is 2.27. The fourth-order valence-electron chi connectivity index (χ4n) is 2.84. The zero-order valence-corrected chi connectivity index (χ0v) is 21.1. The Bertz CT molecular complexity index is 875. The second-order valence-electron chi connectivity index (χ2n) is 7.60. The van der Waals surface area contributed by atoms with Gasteiger partial charge in [0.1, 0.15) is 26.0 Å². The molecule has 11 heteroatoms. The van der Waals surface area contributed by atoms with Crippen LogP contribution >= 0.6 is 19.6 Å². The van der Waals surface area contributed by atoms with Crippen LogP contribution in [0.1, 0.15) is 46.4 Å². The topological polar surface area (TPSA) is 129 Å². The third kappa shape index (κ3) is 7.27. The molecule has 2 rings (SSSR count). The molecule has 0 fully saturated rings. The third-order valence-electron chi connectivity index (χ3n) is 4.28. The number of anilines is 1. The van der Waals surface area contributed by atoms with Gasteiger partial charge in [-0.3, -0.25) is 19.8 Å². The maximum Gasteiger partial charge on any atom is 0.323 e. The van der Waals surface area contributed by atoms with Crippen LogP contribution in [0.3, 0.4) is 0 Å². The number of nitrogens with one attached hydrogen (secondary N) is 2. The third-order valence-corrected chi connectivity index (χ3v) is 7.16. The number of carbonyl (C=O) groups excluding carboxylic acids is 2. The number of esters is 2. The van der Waals surface area contributed by atoms with Crippen molar-refractivity contribution in [2.75, 3.05) is 18.9 Å². The van der Waals surface area contributed by atoms with Crippen LogP contribution in [-0.2, 0) is 25.5 Å². The Hall–Kier alpha value is -2.00. The quantitative estimate of drug-likeness (QED) is 0.307. The molecule has 178 valence electrons. The first-order chi connectivity index (χ1) is 15.2. The van der Waals surface area contributed by atoms with E-state index in [4.69, 9.17) is 19.6 Å². The van der Waals surface area contributed by atoms with Crippen LogP contribution in [0.5, 0.6) is 0 Å². The number of hydrogen-bond donors (Lipinski definition) is 3. The zero-order chi connectivity index (χ0) is 23.8. The lowest BCUT2D eigenvalue weighted by Gasteiger charge is -2.24. The number of nitrogens with zero attached hydrogens (tertiary/aromatic N) is 1. The van der Waals surface area contributed by atoms with Gasteiger partial charge in [0.25, 0.3) is 0 Å². The van der Waals surface area contributed by atoms with Gasteiger partial charge in [-0.1, -0.05) is 13.8 Å². The van der Waals surface area contributed by atoms with E-state index in [9.17, 15) is 9.59 Å². The van der Waals surface area contributed by atoms with Crippen molar-refractivity contribution >= 4 is 42.1 Å². The molecule has 0 radical (unpaired) electrons. The lowest BCUT2D eigenvalue weighted by Crippen LogP contribution is -2.42. The Morgan fingerprint density at radius 2 is 1.66 bits per heavy atom. The minimum absolute atomic E-state index is 0.282. The highest BCUT2D eigenvalue weighted by Crippen LogP contribution is 2.35.